The van der Waals surface area contributed by atoms with Crippen LogP contribution in [0.15, 0.2) is 21.4 Å². The van der Waals surface area contributed by atoms with Crippen molar-refractivity contribution in [2.45, 2.75) is 351 Å². The molecule has 5 aromatic rings. The monoisotopic (exact) mass is 1370 g/mol. The quantitative estimate of drug-likeness (QED) is 0.0285. The van der Waals surface area contributed by atoms with Gasteiger partial charge < -0.3 is 0 Å². The maximum atomic E-state index is 20.2. The van der Waals surface area contributed by atoms with Crippen molar-refractivity contribution in [3.8, 4) is 22.3 Å². The molecule has 84 heavy (non-hydrogen) atoms. The average Bonchev–Trinajstić information content (AvgIpc) is 1.61. The van der Waals surface area contributed by atoms with Crippen molar-refractivity contribution < 1.29 is 18.0 Å². The van der Waals surface area contributed by atoms with Gasteiger partial charge in [0, 0.05) is 0 Å². The van der Waals surface area contributed by atoms with E-state index >= 15 is 8.78 Å². The Morgan fingerprint density at radius 1 is 0.310 bits per heavy atom. The van der Waals surface area contributed by atoms with Crippen molar-refractivity contribution >= 4 is 66.0 Å². The third-order valence-electron chi connectivity index (χ3n) is 20.4. The van der Waals surface area contributed by atoms with Crippen molar-refractivity contribution in [1.29, 1.82) is 0 Å². The Bertz CT molecular complexity index is 2520. The van der Waals surface area contributed by atoms with Crippen LogP contribution in [0, 0.1) is 11.6 Å². The van der Waals surface area contributed by atoms with Gasteiger partial charge in [0.25, 0.3) is 0 Å². The number of nitrogens with zero attached hydrogens (tertiary/aromatic N) is 4. The molecule has 0 saturated heterocycles. The topological polar surface area (TPSA) is 77.8 Å². The first-order valence-corrected chi connectivity index (χ1v) is 55.9. The predicted octanol–water partition coefficient (Wildman–Crippen LogP) is 23.9. The first kappa shape index (κ1) is 69.4. The van der Waals surface area contributed by atoms with Gasteiger partial charge in [-0.2, -0.15) is 0 Å². The number of aromatic nitrogens is 4. The molecule has 2 aliphatic rings. The summed E-state index contributed by atoms with van der Waals surface area (Å²) < 4.78 is 54.5. The Morgan fingerprint density at radius 2 is 0.524 bits per heavy atom. The third-order valence-corrected chi connectivity index (χ3v) is 31.8. The number of rotatable bonds is 46. The van der Waals surface area contributed by atoms with Gasteiger partial charge >= 0.3 is 419 Å². The Balaban J connectivity index is 1.39. The standard InChI is InChI=1S/C68H102F2N4O2.6CH3.2Sn/c1-5-9-13-17-21-25-29-33-37-41-49-67(50-42-38-34-30-26-22-18-14-10-6-2)53-45-47-55-65(73-75-71-55)57(53)59-61(67)63(69)60-58-54(46-48-56-66(58)74-76-72-56)68(62(60)64(59)70,51-43-39-35-31-27-23-19-15-11-7-3)52-44-40-36-32-28-24-20-16-12-8-4;;;;;;;;/h45-46H,5-44,49-52H2,1-4H3;6*1H3;;. The molecule has 0 N–H and O–H groups in total. The Morgan fingerprint density at radius 3 is 0.750 bits per heavy atom. The minimum Gasteiger partial charge on any atom is -0.0654 e. The molecule has 2 heterocycles. The van der Waals surface area contributed by atoms with Crippen molar-refractivity contribution in [3.05, 3.63) is 46.0 Å². The van der Waals surface area contributed by atoms with E-state index in [1.807, 2.05) is 0 Å². The van der Waals surface area contributed by atoms with Crippen LogP contribution in [0.25, 0.3) is 44.3 Å². The summed E-state index contributed by atoms with van der Waals surface area (Å²) in [5.74, 6) is -0.458. The number of hydrogen-bond acceptors (Lipinski definition) is 6. The van der Waals surface area contributed by atoms with E-state index < -0.39 is 47.6 Å². The molecule has 7 rings (SSSR count). The predicted molar refractivity (Wildman–Crippen MR) is 361 cm³/mol. The molecule has 0 amide bonds. The summed E-state index contributed by atoms with van der Waals surface area (Å²) in [5.41, 5.74) is 7.11. The second-order valence-electron chi connectivity index (χ2n) is 29.1. The molecule has 0 fully saturated rings. The van der Waals surface area contributed by atoms with Crippen LogP contribution in [0.2, 0.25) is 29.6 Å². The molecule has 0 radical (unpaired) electrons. The van der Waals surface area contributed by atoms with Crippen LogP contribution in [0.4, 0.5) is 8.78 Å². The summed E-state index contributed by atoms with van der Waals surface area (Å²) in [4.78, 5) is 14.6. The second-order valence-corrected chi connectivity index (χ2v) is 57.9. The van der Waals surface area contributed by atoms with Crippen LogP contribution in [0.1, 0.15) is 332 Å². The molecule has 470 valence electrons. The SMILES string of the molecule is CCCCCCCCCCCCC1(CCCCCCCCCCCC)c2c[c]([Sn]([CH3])([CH3])[CH3])c3nonc3c2-c2c(F)c3c(c(F)c21)-c1c(c[c]([Sn]([CH3])([CH3])[CH3])c2nonc12)C3(CCCCCCCCCCCC)CCCCCCCCCCCC. The second kappa shape index (κ2) is 34.8. The third kappa shape index (κ3) is 17.2. The molecular weight excluding hydrogens is 1250 g/mol. The van der Waals surface area contributed by atoms with Crippen molar-refractivity contribution in [2.24, 2.45) is 0 Å². The van der Waals surface area contributed by atoms with E-state index in [0.717, 1.165) is 110 Å². The van der Waals surface area contributed by atoms with Gasteiger partial charge in [-0.1, -0.05) is 105 Å². The molecule has 2 aliphatic carbocycles. The minimum absolute atomic E-state index is 0.229. The zero-order valence-electron chi connectivity index (χ0n) is 55.6. The summed E-state index contributed by atoms with van der Waals surface area (Å²) in [7, 11) is 0. The molecule has 0 saturated carbocycles. The molecule has 0 atom stereocenters. The molecular formula is C74H120F2N4O2Sn2. The fourth-order valence-electron chi connectivity index (χ4n) is 15.6. The summed E-state index contributed by atoms with van der Waals surface area (Å²) >= 11 is -6.03. The van der Waals surface area contributed by atoms with E-state index in [2.05, 4.69) is 69.5 Å². The fourth-order valence-corrected chi connectivity index (χ4v) is 23.8. The van der Waals surface area contributed by atoms with Crippen LogP contribution in [-0.2, 0) is 10.8 Å². The number of fused-ring (bicyclic) bond motifs is 10. The number of hydrogen-bond donors (Lipinski definition) is 0. The van der Waals surface area contributed by atoms with E-state index in [0.29, 0.717) is 33.3 Å². The normalized spacial score (nSPS) is 14.3. The minimum atomic E-state index is -3.01. The molecule has 6 nitrogen and oxygen atoms in total. The van der Waals surface area contributed by atoms with E-state index in [1.54, 1.807) is 0 Å². The van der Waals surface area contributed by atoms with E-state index in [-0.39, 0.29) is 11.6 Å². The first-order chi connectivity index (χ1) is 40.7. The van der Waals surface area contributed by atoms with Crippen molar-refractivity contribution in [1.82, 2.24) is 20.6 Å². The van der Waals surface area contributed by atoms with Crippen LogP contribution < -0.4 is 7.16 Å². The fraction of sp³-hybridized carbons (Fsp3) is 0.757. The Hall–Kier alpha value is -2.08. The van der Waals surface area contributed by atoms with Gasteiger partial charge in [-0.15, -0.1) is 0 Å². The number of benzene rings is 3. The van der Waals surface area contributed by atoms with Gasteiger partial charge in [-0.05, 0) is 0 Å². The molecule has 2 aromatic heterocycles. The van der Waals surface area contributed by atoms with Crippen molar-refractivity contribution in [2.75, 3.05) is 0 Å². The van der Waals surface area contributed by atoms with Crippen LogP contribution in [0.5, 0.6) is 0 Å². The molecule has 0 bridgehead atoms. The zero-order chi connectivity index (χ0) is 60.0. The first-order valence-electron chi connectivity index (χ1n) is 35.9. The molecule has 0 aliphatic heterocycles. The van der Waals surface area contributed by atoms with Gasteiger partial charge in [0.15, 0.2) is 0 Å². The average molecular weight is 1370 g/mol. The van der Waals surface area contributed by atoms with Crippen LogP contribution in [-0.4, -0.2) is 57.4 Å². The van der Waals surface area contributed by atoms with Crippen molar-refractivity contribution in [3.63, 3.8) is 0 Å². The molecule has 0 spiro atoms. The molecule has 10 heteroatoms. The van der Waals surface area contributed by atoms with Gasteiger partial charge in [0.2, 0.25) is 0 Å². The van der Waals surface area contributed by atoms with E-state index in [1.165, 1.54) is 213 Å². The molecule has 0 unspecified atom stereocenters. The Labute approximate surface area is 519 Å². The summed E-state index contributed by atoms with van der Waals surface area (Å²) in [6.45, 7) is 9.16. The zero-order valence-corrected chi connectivity index (χ0v) is 61.3. The number of unbranched alkanes of at least 4 members (excludes halogenated alkanes) is 36. The van der Waals surface area contributed by atoms with E-state index in [9.17, 15) is 0 Å². The van der Waals surface area contributed by atoms with Gasteiger partial charge in [0.05, 0.1) is 0 Å². The summed E-state index contributed by atoms with van der Waals surface area (Å²) in [6.07, 6.45) is 52.3. The van der Waals surface area contributed by atoms with Gasteiger partial charge in [0.1, 0.15) is 0 Å². The smallest absolute Gasteiger partial charge is 0.0654 e. The molecule has 3 aromatic carbocycles. The number of halogens is 2. The van der Waals surface area contributed by atoms with Crippen LogP contribution >= 0.6 is 0 Å². The Kier molecular flexibility index (Phi) is 28.7. The van der Waals surface area contributed by atoms with Gasteiger partial charge in [-0.3, -0.25) is 0 Å². The van der Waals surface area contributed by atoms with E-state index in [4.69, 9.17) is 29.9 Å². The van der Waals surface area contributed by atoms with Crippen LogP contribution in [0.3, 0.4) is 0 Å². The summed E-state index contributed by atoms with van der Waals surface area (Å²) in [5, 5.41) is 19.0. The van der Waals surface area contributed by atoms with Gasteiger partial charge in [-0.25, -0.2) is 0 Å². The summed E-state index contributed by atoms with van der Waals surface area (Å²) in [6, 6.07) is 4.84. The maximum absolute atomic E-state index is 20.2.